The molecule has 2 aromatic heterocycles. The van der Waals surface area contributed by atoms with Gasteiger partial charge in [0, 0.05) is 12.7 Å². The number of carbonyl (C=O) groups excluding carboxylic acids is 1. The molecule has 0 atom stereocenters. The van der Waals surface area contributed by atoms with Crippen molar-refractivity contribution >= 4 is 51.7 Å². The lowest BCUT2D eigenvalue weighted by Gasteiger charge is -2.14. The first-order chi connectivity index (χ1) is 16.9. The Bertz CT molecular complexity index is 1360. The number of aromatic nitrogens is 2. The monoisotopic (exact) mass is 514 g/mol. The molecule has 4 rings (SSSR count). The van der Waals surface area contributed by atoms with Crippen molar-refractivity contribution in [2.24, 2.45) is 0 Å². The van der Waals surface area contributed by atoms with Crippen molar-refractivity contribution in [2.45, 2.75) is 13.5 Å². The average Bonchev–Trinajstić information content (AvgIpc) is 3.10. The maximum Gasteiger partial charge on any atom is 0.267 e. The van der Waals surface area contributed by atoms with E-state index >= 15 is 0 Å². The first-order valence-electron chi connectivity index (χ1n) is 10.8. The quantitative estimate of drug-likeness (QED) is 0.256. The number of nitrogens with zero attached hydrogens (tertiary/aromatic N) is 3. The van der Waals surface area contributed by atoms with E-state index < -0.39 is 0 Å². The van der Waals surface area contributed by atoms with Crippen LogP contribution in [0, 0.1) is 12.7 Å². The molecule has 8 nitrogen and oxygen atoms in total. The maximum absolute atomic E-state index is 13.4. The molecular formula is C24H23FN4O4S2. The first-order valence-corrected chi connectivity index (χ1v) is 12.0. The fourth-order valence-electron chi connectivity index (χ4n) is 3.47. The lowest BCUT2D eigenvalue weighted by atomic mass is 10.2. The van der Waals surface area contributed by atoms with Gasteiger partial charge in [-0.3, -0.25) is 18.9 Å². The van der Waals surface area contributed by atoms with Crippen LogP contribution in [0.15, 0.2) is 52.3 Å². The molecule has 1 aromatic carbocycles. The van der Waals surface area contributed by atoms with Gasteiger partial charge in [0.15, 0.2) is 0 Å². The minimum Gasteiger partial charge on any atom is -0.394 e. The fourth-order valence-corrected chi connectivity index (χ4v) is 4.71. The van der Waals surface area contributed by atoms with Gasteiger partial charge in [-0.2, -0.15) is 0 Å². The van der Waals surface area contributed by atoms with Gasteiger partial charge >= 0.3 is 0 Å². The Balaban J connectivity index is 1.67. The summed E-state index contributed by atoms with van der Waals surface area (Å²) < 4.78 is 20.3. The number of thiocarbonyl (C=S) groups is 1. The average molecular weight is 515 g/mol. The molecule has 1 fully saturated rings. The number of pyridine rings is 1. The lowest BCUT2D eigenvalue weighted by Crippen LogP contribution is -2.27. The molecule has 2 N–H and O–H groups in total. The summed E-state index contributed by atoms with van der Waals surface area (Å²) in [5, 5.41) is 12.0. The van der Waals surface area contributed by atoms with E-state index in [4.69, 9.17) is 22.1 Å². The number of hydrogen-bond acceptors (Lipinski definition) is 8. The Morgan fingerprint density at radius 2 is 1.97 bits per heavy atom. The topological polar surface area (TPSA) is 96.2 Å². The number of aryl methyl sites for hydroxylation is 1. The third-order valence-electron chi connectivity index (χ3n) is 5.18. The Morgan fingerprint density at radius 3 is 2.71 bits per heavy atom. The van der Waals surface area contributed by atoms with Crippen LogP contribution >= 0.6 is 24.0 Å². The van der Waals surface area contributed by atoms with Crippen molar-refractivity contribution in [2.75, 3.05) is 31.7 Å². The van der Waals surface area contributed by atoms with Crippen LogP contribution < -0.4 is 10.9 Å². The number of anilines is 1. The number of nitrogens with one attached hydrogen (secondary N) is 1. The van der Waals surface area contributed by atoms with E-state index in [9.17, 15) is 14.0 Å². The van der Waals surface area contributed by atoms with Gasteiger partial charge in [0.2, 0.25) is 0 Å². The van der Waals surface area contributed by atoms with Crippen LogP contribution in [-0.2, 0) is 16.1 Å². The molecule has 0 radical (unpaired) electrons. The second kappa shape index (κ2) is 11.1. The number of benzene rings is 1. The molecule has 1 saturated heterocycles. The number of hydrogen-bond donors (Lipinski definition) is 2. The molecular weight excluding hydrogens is 491 g/mol. The van der Waals surface area contributed by atoms with Crippen LogP contribution in [0.2, 0.25) is 0 Å². The molecule has 0 unspecified atom stereocenters. The SMILES string of the molecule is Cc1ccc2nc(NCCOCCO)c(C=C3SC(=S)N(Cc4ccc(F)cc4)C3=O)c(=O)n2c1. The predicted octanol–water partition coefficient (Wildman–Crippen LogP) is 2.96. The third-order valence-corrected chi connectivity index (χ3v) is 6.56. The zero-order valence-corrected chi connectivity index (χ0v) is 20.5. The summed E-state index contributed by atoms with van der Waals surface area (Å²) in [6.07, 6.45) is 3.20. The summed E-state index contributed by atoms with van der Waals surface area (Å²) in [5.41, 5.74) is 1.97. The van der Waals surface area contributed by atoms with Crippen molar-refractivity contribution in [1.82, 2.24) is 14.3 Å². The second-order valence-electron chi connectivity index (χ2n) is 7.77. The molecule has 0 saturated carbocycles. The number of fused-ring (bicyclic) bond motifs is 1. The van der Waals surface area contributed by atoms with Crippen LogP contribution in [-0.4, -0.2) is 56.0 Å². The van der Waals surface area contributed by atoms with Gasteiger partial charge in [0.05, 0.1) is 36.8 Å². The number of aliphatic hydroxyl groups is 1. The van der Waals surface area contributed by atoms with E-state index in [0.717, 1.165) is 22.9 Å². The molecule has 0 bridgehead atoms. The van der Waals surface area contributed by atoms with Crippen molar-refractivity contribution in [1.29, 1.82) is 0 Å². The highest BCUT2D eigenvalue weighted by Crippen LogP contribution is 2.34. The smallest absolute Gasteiger partial charge is 0.267 e. The van der Waals surface area contributed by atoms with E-state index in [2.05, 4.69) is 10.3 Å². The normalized spacial score (nSPS) is 14.9. The van der Waals surface area contributed by atoms with Crippen LogP contribution in [0.4, 0.5) is 10.2 Å². The van der Waals surface area contributed by atoms with E-state index in [0.29, 0.717) is 33.8 Å². The van der Waals surface area contributed by atoms with Crippen molar-refractivity contribution in [3.8, 4) is 0 Å². The number of carbonyl (C=O) groups is 1. The zero-order chi connectivity index (χ0) is 24.9. The number of thioether (sulfide) groups is 1. The summed E-state index contributed by atoms with van der Waals surface area (Å²) >= 11 is 6.51. The predicted molar refractivity (Wildman–Crippen MR) is 138 cm³/mol. The van der Waals surface area contributed by atoms with Gasteiger partial charge in [-0.15, -0.1) is 0 Å². The molecule has 3 heterocycles. The number of ether oxygens (including phenoxy) is 1. The molecule has 11 heteroatoms. The standard InChI is InChI=1S/C24H23FN4O4S2/c1-15-2-7-20-27-21(26-8-10-33-11-9-30)18(22(31)28(20)13-15)12-19-23(32)29(24(34)35-19)14-16-3-5-17(25)6-4-16/h2-7,12-13,26,30H,8-11,14H2,1H3. The molecule has 0 aliphatic carbocycles. The van der Waals surface area contributed by atoms with E-state index in [1.54, 1.807) is 24.4 Å². The first kappa shape index (κ1) is 25.0. The number of rotatable bonds is 9. The Kier molecular flexibility index (Phi) is 7.91. The van der Waals surface area contributed by atoms with Gasteiger partial charge < -0.3 is 15.2 Å². The number of halogens is 1. The third kappa shape index (κ3) is 5.76. The Labute approximate surface area is 210 Å². The number of amides is 1. The zero-order valence-electron chi connectivity index (χ0n) is 18.9. The fraction of sp³-hybridized carbons (Fsp3) is 0.250. The van der Waals surface area contributed by atoms with Gasteiger partial charge in [0.25, 0.3) is 11.5 Å². The number of aliphatic hydroxyl groups excluding tert-OH is 1. The summed E-state index contributed by atoms with van der Waals surface area (Å²) in [6, 6.07) is 9.45. The van der Waals surface area contributed by atoms with Crippen LogP contribution in [0.3, 0.4) is 0 Å². The highest BCUT2D eigenvalue weighted by atomic mass is 32.2. The van der Waals surface area contributed by atoms with Gasteiger partial charge in [-0.05, 0) is 42.3 Å². The molecule has 0 spiro atoms. The van der Waals surface area contributed by atoms with Gasteiger partial charge in [-0.1, -0.05) is 42.2 Å². The van der Waals surface area contributed by atoms with E-state index in [-0.39, 0.29) is 42.6 Å². The van der Waals surface area contributed by atoms with Gasteiger partial charge in [0.1, 0.15) is 21.6 Å². The van der Waals surface area contributed by atoms with E-state index in [1.807, 2.05) is 13.0 Å². The molecule has 3 aromatic rings. The van der Waals surface area contributed by atoms with Crippen LogP contribution in [0.1, 0.15) is 16.7 Å². The minimum atomic E-state index is -0.361. The molecule has 182 valence electrons. The Morgan fingerprint density at radius 1 is 1.20 bits per heavy atom. The van der Waals surface area contributed by atoms with E-state index in [1.165, 1.54) is 27.5 Å². The maximum atomic E-state index is 13.4. The minimum absolute atomic E-state index is 0.0834. The highest BCUT2D eigenvalue weighted by Gasteiger charge is 2.32. The molecule has 35 heavy (non-hydrogen) atoms. The highest BCUT2D eigenvalue weighted by molar-refractivity contribution is 8.26. The van der Waals surface area contributed by atoms with Crippen LogP contribution in [0.25, 0.3) is 11.7 Å². The van der Waals surface area contributed by atoms with Crippen molar-refractivity contribution < 1.29 is 19.0 Å². The van der Waals surface area contributed by atoms with Crippen LogP contribution in [0.5, 0.6) is 0 Å². The molecule has 1 amide bonds. The van der Waals surface area contributed by atoms with Crippen molar-refractivity contribution in [3.63, 3.8) is 0 Å². The Hall–Kier alpha value is -3.12. The summed E-state index contributed by atoms with van der Waals surface area (Å²) in [5.74, 6) is -0.383. The second-order valence-corrected chi connectivity index (χ2v) is 9.45. The largest absolute Gasteiger partial charge is 0.394 e. The molecule has 1 aliphatic rings. The summed E-state index contributed by atoms with van der Waals surface area (Å²) in [4.78, 5) is 32.8. The van der Waals surface area contributed by atoms with Crippen molar-refractivity contribution in [3.05, 3.63) is 80.4 Å². The summed E-state index contributed by atoms with van der Waals surface area (Å²) in [6.45, 7) is 2.84. The summed E-state index contributed by atoms with van der Waals surface area (Å²) in [7, 11) is 0. The van der Waals surface area contributed by atoms with Gasteiger partial charge in [-0.25, -0.2) is 9.37 Å². The lowest BCUT2D eigenvalue weighted by molar-refractivity contribution is -0.122. The molecule has 1 aliphatic heterocycles.